The molecule has 0 aliphatic heterocycles. The Balaban J connectivity index is 2.21. The third-order valence-corrected chi connectivity index (χ3v) is 3.87. The summed E-state index contributed by atoms with van der Waals surface area (Å²) in [5.41, 5.74) is 0. The van der Waals surface area contributed by atoms with Crippen LogP contribution in [0.5, 0.6) is 0 Å². The first-order valence-corrected chi connectivity index (χ1v) is 7.58. The minimum Gasteiger partial charge on any atom is -0.369 e. The molecular weight excluding hydrogens is 314 g/mol. The average molecular weight is 330 g/mol. The largest absolute Gasteiger partial charge is 0.369 e. The van der Waals surface area contributed by atoms with E-state index in [2.05, 4.69) is 9.98 Å². The van der Waals surface area contributed by atoms with Crippen LogP contribution in [0.4, 0.5) is 0 Å². The van der Waals surface area contributed by atoms with Crippen LogP contribution in [0.3, 0.4) is 0 Å². The lowest BCUT2D eigenvalue weighted by Crippen LogP contribution is -2.25. The lowest BCUT2D eigenvalue weighted by molar-refractivity contribution is -0.404. The van der Waals surface area contributed by atoms with Gasteiger partial charge in [-0.1, -0.05) is 11.6 Å². The van der Waals surface area contributed by atoms with Crippen LogP contribution in [-0.2, 0) is 6.54 Å². The van der Waals surface area contributed by atoms with Gasteiger partial charge in [0.1, 0.15) is 0 Å². The topological polar surface area (TPSA) is 74.9 Å². The molecule has 0 amide bonds. The zero-order valence-electron chi connectivity index (χ0n) is 11.8. The van der Waals surface area contributed by atoms with Crippen molar-refractivity contribution < 1.29 is 4.92 Å². The smallest absolute Gasteiger partial charge is 0.276 e. The van der Waals surface area contributed by atoms with E-state index in [4.69, 9.17) is 11.6 Å². The van der Waals surface area contributed by atoms with Crippen LogP contribution in [0.2, 0.25) is 4.47 Å². The maximum Gasteiger partial charge on any atom is 0.276 e. The predicted molar refractivity (Wildman–Crippen MR) is 82.9 cm³/mol. The van der Waals surface area contributed by atoms with Gasteiger partial charge in [-0.2, -0.15) is 0 Å². The summed E-state index contributed by atoms with van der Waals surface area (Å²) in [5.74, 6) is 0.348. The summed E-state index contributed by atoms with van der Waals surface area (Å²) < 4.78 is 0.470. The van der Waals surface area contributed by atoms with Crippen molar-refractivity contribution in [2.24, 2.45) is 4.99 Å². The summed E-state index contributed by atoms with van der Waals surface area (Å²) >= 11 is 7.21. The van der Waals surface area contributed by atoms with Crippen LogP contribution in [0, 0.1) is 10.1 Å². The van der Waals surface area contributed by atoms with Crippen molar-refractivity contribution in [3.8, 4) is 0 Å². The van der Waals surface area contributed by atoms with E-state index in [9.17, 15) is 10.1 Å². The summed E-state index contributed by atoms with van der Waals surface area (Å²) in [7, 11) is 3.63. The lowest BCUT2D eigenvalue weighted by Gasteiger charge is -2.22. The molecule has 0 bridgehead atoms. The number of aromatic nitrogens is 1. The summed E-state index contributed by atoms with van der Waals surface area (Å²) in [6.07, 6.45) is 6.23. The molecule has 0 N–H and O–H groups in total. The first kappa shape index (κ1) is 15.7. The first-order valence-electron chi connectivity index (χ1n) is 6.38. The molecule has 1 saturated carbocycles. The molecule has 1 aliphatic rings. The van der Waals surface area contributed by atoms with Crippen LogP contribution >= 0.6 is 22.9 Å². The number of rotatable bonds is 7. The van der Waals surface area contributed by atoms with Crippen molar-refractivity contribution in [1.82, 2.24) is 14.8 Å². The number of nitrogens with zero attached hydrogens (tertiary/aromatic N) is 5. The monoisotopic (exact) mass is 329 g/mol. The number of hydrogen-bond donors (Lipinski definition) is 0. The molecule has 1 heterocycles. The number of aliphatic imine (C=N–C) groups is 1. The zero-order valence-corrected chi connectivity index (χ0v) is 13.3. The fraction of sp³-hybridized carbons (Fsp3) is 0.500. The highest BCUT2D eigenvalue weighted by molar-refractivity contribution is 7.15. The molecule has 1 aliphatic carbocycles. The Kier molecular flexibility index (Phi) is 5.13. The summed E-state index contributed by atoms with van der Waals surface area (Å²) in [6.45, 7) is 0.527. The van der Waals surface area contributed by atoms with Crippen molar-refractivity contribution in [3.05, 3.63) is 37.7 Å². The van der Waals surface area contributed by atoms with Gasteiger partial charge in [0.05, 0.1) is 17.8 Å². The van der Waals surface area contributed by atoms with Gasteiger partial charge in [-0.05, 0) is 12.8 Å². The SMILES string of the molecule is CN(C)C=NC(=C[N+](=O)[O-])N(Cc1cnc(Cl)s1)C1CC1. The van der Waals surface area contributed by atoms with Gasteiger partial charge in [0.15, 0.2) is 4.47 Å². The highest BCUT2D eigenvalue weighted by Crippen LogP contribution is 2.33. The first-order chi connectivity index (χ1) is 9.95. The summed E-state index contributed by atoms with van der Waals surface area (Å²) in [4.78, 5) is 23.2. The van der Waals surface area contributed by atoms with Gasteiger partial charge >= 0.3 is 0 Å². The fourth-order valence-electron chi connectivity index (χ4n) is 1.76. The second-order valence-corrected chi connectivity index (χ2v) is 6.62. The number of halogens is 1. The van der Waals surface area contributed by atoms with Gasteiger partial charge in [0.2, 0.25) is 5.82 Å². The number of hydrogen-bond acceptors (Lipinski definition) is 6. The number of nitro groups is 1. The van der Waals surface area contributed by atoms with Gasteiger partial charge in [-0.15, -0.1) is 11.3 Å². The Labute approximate surface area is 131 Å². The molecule has 9 heteroatoms. The Morgan fingerprint density at radius 3 is 2.86 bits per heavy atom. The predicted octanol–water partition coefficient (Wildman–Crippen LogP) is 2.43. The molecule has 0 radical (unpaired) electrons. The molecule has 2 rings (SSSR count). The zero-order chi connectivity index (χ0) is 15.4. The molecule has 1 aromatic heterocycles. The van der Waals surface area contributed by atoms with Crippen molar-refractivity contribution >= 4 is 29.3 Å². The van der Waals surface area contributed by atoms with E-state index in [-0.39, 0.29) is 6.04 Å². The molecule has 0 unspecified atom stereocenters. The molecule has 0 atom stereocenters. The Morgan fingerprint density at radius 2 is 2.38 bits per heavy atom. The van der Waals surface area contributed by atoms with Crippen molar-refractivity contribution in [2.75, 3.05) is 14.1 Å². The summed E-state index contributed by atoms with van der Waals surface area (Å²) in [6, 6.07) is 0.288. The standard InChI is InChI=1S/C12H16ClN5O2S/c1-16(2)8-15-11(7-18(19)20)17(9-3-4-9)6-10-5-14-12(13)21-10/h5,7-9H,3-4,6H2,1-2H3. The molecule has 0 spiro atoms. The maximum absolute atomic E-state index is 10.8. The van der Waals surface area contributed by atoms with E-state index in [1.807, 2.05) is 19.0 Å². The minimum absolute atomic E-state index is 0.288. The molecule has 0 saturated heterocycles. The molecule has 114 valence electrons. The van der Waals surface area contributed by atoms with Gasteiger partial charge in [0.25, 0.3) is 6.20 Å². The number of thiazole rings is 1. The van der Waals surface area contributed by atoms with Crippen molar-refractivity contribution in [2.45, 2.75) is 25.4 Å². The van der Waals surface area contributed by atoms with Gasteiger partial charge < -0.3 is 9.80 Å². The second-order valence-electron chi connectivity index (χ2n) is 4.92. The van der Waals surface area contributed by atoms with Crippen LogP contribution in [0.15, 0.2) is 23.2 Å². The Bertz CT molecular complexity index is 568. The average Bonchev–Trinajstić information content (AvgIpc) is 3.15. The van der Waals surface area contributed by atoms with E-state index in [1.165, 1.54) is 11.3 Å². The molecule has 1 fully saturated rings. The highest BCUT2D eigenvalue weighted by atomic mass is 35.5. The Morgan fingerprint density at radius 1 is 1.67 bits per heavy atom. The lowest BCUT2D eigenvalue weighted by atomic mass is 10.4. The molecule has 7 nitrogen and oxygen atoms in total. The quantitative estimate of drug-likeness (QED) is 0.332. The van der Waals surface area contributed by atoms with E-state index < -0.39 is 4.92 Å². The molecule has 0 aromatic carbocycles. The van der Waals surface area contributed by atoms with Gasteiger partial charge in [-0.25, -0.2) is 9.98 Å². The van der Waals surface area contributed by atoms with Crippen LogP contribution in [0.1, 0.15) is 17.7 Å². The molecule has 21 heavy (non-hydrogen) atoms. The van der Waals surface area contributed by atoms with Gasteiger partial charge in [-0.3, -0.25) is 10.1 Å². The van der Waals surface area contributed by atoms with Gasteiger partial charge in [0, 0.05) is 31.2 Å². The third-order valence-electron chi connectivity index (χ3n) is 2.78. The molecule has 1 aromatic rings. The fourth-order valence-corrected chi connectivity index (χ4v) is 2.74. The normalized spacial score (nSPS) is 15.5. The van der Waals surface area contributed by atoms with E-state index in [1.54, 1.807) is 17.4 Å². The highest BCUT2D eigenvalue weighted by Gasteiger charge is 2.32. The van der Waals surface area contributed by atoms with E-state index in [0.29, 0.717) is 16.8 Å². The van der Waals surface area contributed by atoms with Crippen molar-refractivity contribution in [3.63, 3.8) is 0 Å². The third kappa shape index (κ3) is 4.98. The molecular formula is C12H16ClN5O2S. The summed E-state index contributed by atoms with van der Waals surface area (Å²) in [5, 5.41) is 10.8. The van der Waals surface area contributed by atoms with Crippen molar-refractivity contribution in [1.29, 1.82) is 0 Å². The van der Waals surface area contributed by atoms with Crippen LogP contribution in [0.25, 0.3) is 0 Å². The Hall–Kier alpha value is -1.67. The maximum atomic E-state index is 10.8. The van der Waals surface area contributed by atoms with Crippen LogP contribution < -0.4 is 0 Å². The second kappa shape index (κ2) is 6.86. The van der Waals surface area contributed by atoms with E-state index >= 15 is 0 Å². The van der Waals surface area contributed by atoms with Crippen LogP contribution in [-0.4, -0.2) is 46.2 Å². The van der Waals surface area contributed by atoms with E-state index in [0.717, 1.165) is 23.9 Å². The minimum atomic E-state index is -0.475.